The van der Waals surface area contributed by atoms with E-state index in [1.54, 1.807) is 6.07 Å². The molecular formula is C20H23N3O6S. The van der Waals surface area contributed by atoms with Gasteiger partial charge in [-0.25, -0.2) is 13.2 Å². The topological polar surface area (TPSA) is 108 Å². The van der Waals surface area contributed by atoms with Crippen LogP contribution in [0.4, 0.5) is 11.4 Å². The normalized spacial score (nSPS) is 16.5. The van der Waals surface area contributed by atoms with Gasteiger partial charge in [0.25, 0.3) is 0 Å². The van der Waals surface area contributed by atoms with Crippen molar-refractivity contribution in [1.82, 2.24) is 4.90 Å². The van der Waals surface area contributed by atoms with Gasteiger partial charge < -0.3 is 19.5 Å². The van der Waals surface area contributed by atoms with E-state index in [1.807, 2.05) is 18.2 Å². The zero-order valence-electron chi connectivity index (χ0n) is 16.5. The predicted octanol–water partition coefficient (Wildman–Crippen LogP) is 1.81. The molecule has 0 bridgehead atoms. The molecule has 2 heterocycles. The molecule has 2 aliphatic rings. The first kappa shape index (κ1) is 20.3. The first-order valence-corrected chi connectivity index (χ1v) is 11.4. The Morgan fingerprint density at radius 2 is 1.80 bits per heavy atom. The van der Waals surface area contributed by atoms with Gasteiger partial charge in [-0.3, -0.25) is 9.62 Å². The van der Waals surface area contributed by atoms with Crippen molar-refractivity contribution in [2.45, 2.75) is 6.54 Å². The number of benzene rings is 2. The van der Waals surface area contributed by atoms with Crippen LogP contribution in [-0.2, 0) is 16.6 Å². The second-order valence-electron chi connectivity index (χ2n) is 7.36. The number of carbonyl (C=O) groups is 1. The van der Waals surface area contributed by atoms with Crippen molar-refractivity contribution >= 4 is 27.4 Å². The number of aromatic carboxylic acids is 1. The average Bonchev–Trinajstić information content (AvgIpc) is 3.15. The molecule has 0 amide bonds. The van der Waals surface area contributed by atoms with Gasteiger partial charge >= 0.3 is 5.97 Å². The second kappa shape index (κ2) is 8.04. The third kappa shape index (κ3) is 4.60. The minimum atomic E-state index is -3.54. The van der Waals surface area contributed by atoms with Crippen molar-refractivity contribution in [2.75, 3.05) is 48.8 Å². The fraction of sp³-hybridized carbons (Fsp3) is 0.350. The molecule has 0 unspecified atom stereocenters. The third-order valence-electron chi connectivity index (χ3n) is 5.09. The molecular weight excluding hydrogens is 410 g/mol. The van der Waals surface area contributed by atoms with E-state index in [4.69, 9.17) is 9.47 Å². The predicted molar refractivity (Wildman–Crippen MR) is 112 cm³/mol. The Balaban J connectivity index is 1.45. The number of piperazine rings is 1. The number of carboxylic acids is 1. The summed E-state index contributed by atoms with van der Waals surface area (Å²) in [5, 5.41) is 9.23. The molecule has 0 spiro atoms. The lowest BCUT2D eigenvalue weighted by molar-refractivity contribution is 0.0697. The monoisotopic (exact) mass is 433 g/mol. The molecule has 1 saturated heterocycles. The first-order valence-electron chi connectivity index (χ1n) is 9.49. The molecule has 10 heteroatoms. The van der Waals surface area contributed by atoms with E-state index in [0.717, 1.165) is 43.0 Å². The molecule has 0 saturated carbocycles. The lowest BCUT2D eigenvalue weighted by Crippen LogP contribution is -2.46. The van der Waals surface area contributed by atoms with Crippen LogP contribution < -0.4 is 19.1 Å². The standard InChI is InChI=1S/C20H23N3O6S/c1-30(26,27)21-16-11-15(20(24)25)3-4-17(16)23-8-6-22(7-9-23)12-14-2-5-18-19(10-14)29-13-28-18/h2-5,10-11,21H,6-9,12-13H2,1H3,(H,24,25). The fourth-order valence-electron chi connectivity index (χ4n) is 3.67. The van der Waals surface area contributed by atoms with Crippen LogP contribution in [0.5, 0.6) is 11.5 Å². The summed E-state index contributed by atoms with van der Waals surface area (Å²) >= 11 is 0. The molecule has 4 rings (SSSR count). The molecule has 0 aliphatic carbocycles. The van der Waals surface area contributed by atoms with Crippen LogP contribution in [0.15, 0.2) is 36.4 Å². The Morgan fingerprint density at radius 1 is 1.07 bits per heavy atom. The van der Waals surface area contributed by atoms with Crippen LogP contribution in [0.3, 0.4) is 0 Å². The number of nitrogens with zero attached hydrogens (tertiary/aromatic N) is 2. The zero-order chi connectivity index (χ0) is 21.3. The maximum Gasteiger partial charge on any atom is 0.335 e. The Bertz CT molecular complexity index is 1060. The van der Waals surface area contributed by atoms with Crippen LogP contribution in [-0.4, -0.2) is 63.6 Å². The lowest BCUT2D eigenvalue weighted by atomic mass is 10.1. The van der Waals surface area contributed by atoms with E-state index >= 15 is 0 Å². The van der Waals surface area contributed by atoms with E-state index in [9.17, 15) is 18.3 Å². The van der Waals surface area contributed by atoms with Crippen molar-refractivity contribution in [1.29, 1.82) is 0 Å². The highest BCUT2D eigenvalue weighted by Gasteiger charge is 2.22. The van der Waals surface area contributed by atoms with E-state index < -0.39 is 16.0 Å². The summed E-state index contributed by atoms with van der Waals surface area (Å²) in [6.07, 6.45) is 1.05. The van der Waals surface area contributed by atoms with E-state index in [1.165, 1.54) is 12.1 Å². The van der Waals surface area contributed by atoms with Gasteiger partial charge in [-0.2, -0.15) is 0 Å². The molecule has 0 radical (unpaired) electrons. The number of rotatable bonds is 6. The van der Waals surface area contributed by atoms with Gasteiger partial charge in [0.15, 0.2) is 11.5 Å². The third-order valence-corrected chi connectivity index (χ3v) is 5.69. The number of carboxylic acid groups (broad SMARTS) is 1. The van der Waals surface area contributed by atoms with Crippen molar-refractivity contribution < 1.29 is 27.8 Å². The van der Waals surface area contributed by atoms with E-state index in [2.05, 4.69) is 14.5 Å². The highest BCUT2D eigenvalue weighted by molar-refractivity contribution is 7.92. The molecule has 9 nitrogen and oxygen atoms in total. The molecule has 160 valence electrons. The maximum atomic E-state index is 11.7. The second-order valence-corrected chi connectivity index (χ2v) is 9.11. The lowest BCUT2D eigenvalue weighted by Gasteiger charge is -2.37. The van der Waals surface area contributed by atoms with Crippen molar-refractivity contribution in [3.05, 3.63) is 47.5 Å². The highest BCUT2D eigenvalue weighted by atomic mass is 32.2. The van der Waals surface area contributed by atoms with Crippen LogP contribution in [0.2, 0.25) is 0 Å². The Hall–Kier alpha value is -2.98. The van der Waals surface area contributed by atoms with E-state index in [0.29, 0.717) is 18.8 Å². The highest BCUT2D eigenvalue weighted by Crippen LogP contribution is 2.33. The maximum absolute atomic E-state index is 11.7. The Kier molecular flexibility index (Phi) is 5.44. The number of sulfonamides is 1. The quantitative estimate of drug-likeness (QED) is 0.710. The molecule has 0 atom stereocenters. The number of nitrogens with one attached hydrogen (secondary N) is 1. The molecule has 1 fully saturated rings. The number of ether oxygens (including phenoxy) is 2. The minimum absolute atomic E-state index is 0.0337. The smallest absolute Gasteiger partial charge is 0.335 e. The molecule has 30 heavy (non-hydrogen) atoms. The van der Waals surface area contributed by atoms with Crippen LogP contribution >= 0.6 is 0 Å². The number of fused-ring (bicyclic) bond motifs is 1. The summed E-state index contributed by atoms with van der Waals surface area (Å²) in [5.74, 6) is 0.423. The van der Waals surface area contributed by atoms with Crippen LogP contribution in [0.25, 0.3) is 0 Å². The summed E-state index contributed by atoms with van der Waals surface area (Å²) in [6, 6.07) is 10.4. The van der Waals surface area contributed by atoms with Crippen molar-refractivity contribution in [3.8, 4) is 11.5 Å². The van der Waals surface area contributed by atoms with Gasteiger partial charge in [0.05, 0.1) is 23.2 Å². The minimum Gasteiger partial charge on any atom is -0.478 e. The summed E-state index contributed by atoms with van der Waals surface area (Å²) < 4.78 is 36.7. The summed E-state index contributed by atoms with van der Waals surface area (Å²) in [5.41, 5.74) is 2.12. The molecule has 2 aromatic carbocycles. The van der Waals surface area contributed by atoms with Gasteiger partial charge in [0, 0.05) is 32.7 Å². The number of anilines is 2. The van der Waals surface area contributed by atoms with Crippen LogP contribution in [0, 0.1) is 0 Å². The summed E-state index contributed by atoms with van der Waals surface area (Å²) in [7, 11) is -3.54. The first-order chi connectivity index (χ1) is 14.3. The summed E-state index contributed by atoms with van der Waals surface area (Å²) in [4.78, 5) is 15.7. The van der Waals surface area contributed by atoms with Gasteiger partial charge in [-0.1, -0.05) is 6.07 Å². The molecule has 2 aromatic rings. The Morgan fingerprint density at radius 3 is 2.50 bits per heavy atom. The SMILES string of the molecule is CS(=O)(=O)Nc1cc(C(=O)O)ccc1N1CCN(Cc2ccc3c(c2)OCO3)CC1. The number of hydrogen-bond acceptors (Lipinski definition) is 7. The van der Waals surface area contributed by atoms with Crippen molar-refractivity contribution in [2.24, 2.45) is 0 Å². The molecule has 2 aliphatic heterocycles. The van der Waals surface area contributed by atoms with Gasteiger partial charge in [0.2, 0.25) is 16.8 Å². The molecule has 2 N–H and O–H groups in total. The molecule has 0 aromatic heterocycles. The van der Waals surface area contributed by atoms with Gasteiger partial charge in [-0.05, 0) is 35.9 Å². The summed E-state index contributed by atoms with van der Waals surface area (Å²) in [6.45, 7) is 3.98. The fourth-order valence-corrected chi connectivity index (χ4v) is 4.23. The van der Waals surface area contributed by atoms with Gasteiger partial charge in [-0.15, -0.1) is 0 Å². The van der Waals surface area contributed by atoms with Crippen LogP contribution in [0.1, 0.15) is 15.9 Å². The zero-order valence-corrected chi connectivity index (χ0v) is 17.3. The van der Waals surface area contributed by atoms with E-state index in [-0.39, 0.29) is 18.0 Å². The van der Waals surface area contributed by atoms with Crippen molar-refractivity contribution in [3.63, 3.8) is 0 Å². The number of hydrogen-bond donors (Lipinski definition) is 2. The Labute approximate surface area is 174 Å². The van der Waals surface area contributed by atoms with Gasteiger partial charge in [0.1, 0.15) is 0 Å². The largest absolute Gasteiger partial charge is 0.478 e. The average molecular weight is 433 g/mol.